The number of carbonyl (C=O) groups excluding carboxylic acids is 4. The van der Waals surface area contributed by atoms with E-state index in [4.69, 9.17) is 28.4 Å². The molecule has 1 aromatic rings. The number of carbonyl (C=O) groups is 4. The van der Waals surface area contributed by atoms with Crippen molar-refractivity contribution in [3.8, 4) is 11.5 Å². The van der Waals surface area contributed by atoms with Gasteiger partial charge >= 0.3 is 17.9 Å². The number of benzene rings is 1. The summed E-state index contributed by atoms with van der Waals surface area (Å²) in [6, 6.07) is 5.51. The number of rotatable bonds is 8. The number of nitrogens with one attached hydrogen (secondary N) is 1. The van der Waals surface area contributed by atoms with Crippen molar-refractivity contribution in [2.24, 2.45) is 0 Å². The van der Waals surface area contributed by atoms with Crippen molar-refractivity contribution < 1.29 is 47.6 Å². The highest BCUT2D eigenvalue weighted by Crippen LogP contribution is 2.29. The largest absolute Gasteiger partial charge is 0.497 e. The van der Waals surface area contributed by atoms with Gasteiger partial charge < -0.3 is 33.7 Å². The molecule has 0 unspecified atom stereocenters. The van der Waals surface area contributed by atoms with E-state index in [9.17, 15) is 19.2 Å². The predicted octanol–water partition coefficient (Wildman–Crippen LogP) is 0.730. The van der Waals surface area contributed by atoms with Crippen LogP contribution in [0.2, 0.25) is 0 Å². The van der Waals surface area contributed by atoms with Gasteiger partial charge in [0.2, 0.25) is 12.2 Å². The van der Waals surface area contributed by atoms with Gasteiger partial charge in [-0.1, -0.05) is 0 Å². The molecule has 0 bridgehead atoms. The van der Waals surface area contributed by atoms with Gasteiger partial charge in [0.05, 0.1) is 7.11 Å². The Morgan fingerprint density at radius 1 is 0.875 bits per heavy atom. The van der Waals surface area contributed by atoms with Crippen LogP contribution in [0.1, 0.15) is 27.7 Å². The van der Waals surface area contributed by atoms with Crippen molar-refractivity contribution in [3.63, 3.8) is 0 Å². The smallest absolute Gasteiger partial charge is 0.303 e. The third-order valence-corrected chi connectivity index (χ3v) is 4.38. The van der Waals surface area contributed by atoms with E-state index >= 15 is 0 Å². The minimum absolute atomic E-state index is 0.305. The molecule has 176 valence electrons. The summed E-state index contributed by atoms with van der Waals surface area (Å²) in [5.74, 6) is -1.45. The summed E-state index contributed by atoms with van der Waals surface area (Å²) in [4.78, 5) is 46.8. The lowest BCUT2D eigenvalue weighted by Gasteiger charge is -2.44. The van der Waals surface area contributed by atoms with Crippen LogP contribution in [0.15, 0.2) is 24.3 Å². The zero-order valence-electron chi connectivity index (χ0n) is 18.5. The lowest BCUT2D eigenvalue weighted by molar-refractivity contribution is -0.257. The Kier molecular flexibility index (Phi) is 8.82. The minimum atomic E-state index is -1.18. The van der Waals surface area contributed by atoms with E-state index in [1.165, 1.54) is 34.8 Å². The van der Waals surface area contributed by atoms with Crippen molar-refractivity contribution in [3.05, 3.63) is 24.3 Å². The van der Waals surface area contributed by atoms with Crippen molar-refractivity contribution in [2.45, 2.75) is 58.3 Å². The Morgan fingerprint density at radius 3 is 1.94 bits per heavy atom. The molecule has 32 heavy (non-hydrogen) atoms. The normalized spacial score (nSPS) is 24.6. The Morgan fingerprint density at radius 2 is 1.44 bits per heavy atom. The second kappa shape index (κ2) is 11.3. The highest BCUT2D eigenvalue weighted by molar-refractivity contribution is 5.73. The molecule has 11 heteroatoms. The van der Waals surface area contributed by atoms with Crippen LogP contribution in [0, 0.1) is 0 Å². The van der Waals surface area contributed by atoms with Gasteiger partial charge in [-0.05, 0) is 24.3 Å². The minimum Gasteiger partial charge on any atom is -0.497 e. The van der Waals surface area contributed by atoms with E-state index in [0.717, 1.165) is 0 Å². The second-order valence-electron chi connectivity index (χ2n) is 7.01. The van der Waals surface area contributed by atoms with Gasteiger partial charge in [0, 0.05) is 27.7 Å². The molecule has 2 rings (SSSR count). The fourth-order valence-corrected chi connectivity index (χ4v) is 3.18. The maximum Gasteiger partial charge on any atom is 0.303 e. The number of esters is 3. The standard InChI is InChI=1S/C21H27NO10/c1-11(23)22-18-20(30-14(4)26)19(29-13(3)25)17(10-28-12(2)24)32-21(18)31-16-8-6-15(27-5)7-9-16/h6-9,17-21H,10H2,1-5H3,(H,22,23)/t17-,18-,19+,20-,21-/m1/s1. The maximum absolute atomic E-state index is 11.9. The molecule has 1 aliphatic heterocycles. The summed E-state index contributed by atoms with van der Waals surface area (Å²) in [5.41, 5.74) is 0. The molecule has 1 amide bonds. The van der Waals surface area contributed by atoms with E-state index in [1.54, 1.807) is 24.3 Å². The second-order valence-corrected chi connectivity index (χ2v) is 7.01. The predicted molar refractivity (Wildman–Crippen MR) is 108 cm³/mol. The first-order valence-electron chi connectivity index (χ1n) is 9.81. The van der Waals surface area contributed by atoms with Crippen molar-refractivity contribution in [1.82, 2.24) is 5.32 Å². The van der Waals surface area contributed by atoms with Gasteiger partial charge in [0.25, 0.3) is 0 Å². The molecule has 1 fully saturated rings. The summed E-state index contributed by atoms with van der Waals surface area (Å²) in [6.07, 6.45) is -4.58. The summed E-state index contributed by atoms with van der Waals surface area (Å²) in [6.45, 7) is 4.51. The van der Waals surface area contributed by atoms with Crippen LogP contribution >= 0.6 is 0 Å². The maximum atomic E-state index is 11.9. The van der Waals surface area contributed by atoms with E-state index in [1.807, 2.05) is 0 Å². The van der Waals surface area contributed by atoms with Crippen LogP contribution in [0.5, 0.6) is 11.5 Å². The number of hydrogen-bond donors (Lipinski definition) is 1. The summed E-state index contributed by atoms with van der Waals surface area (Å²) in [5, 5.41) is 2.63. The van der Waals surface area contributed by atoms with Crippen molar-refractivity contribution >= 4 is 23.8 Å². The number of ether oxygens (including phenoxy) is 6. The molecule has 0 aliphatic carbocycles. The van der Waals surface area contributed by atoms with Gasteiger partial charge in [0.1, 0.15) is 30.3 Å². The number of hydrogen-bond acceptors (Lipinski definition) is 10. The molecule has 1 aliphatic rings. The average molecular weight is 453 g/mol. The van der Waals surface area contributed by atoms with E-state index in [0.29, 0.717) is 11.5 Å². The first-order valence-corrected chi connectivity index (χ1v) is 9.81. The topological polar surface area (TPSA) is 136 Å². The van der Waals surface area contributed by atoms with Crippen LogP contribution in [-0.4, -0.2) is 68.2 Å². The molecule has 11 nitrogen and oxygen atoms in total. The van der Waals surface area contributed by atoms with Crippen molar-refractivity contribution in [1.29, 1.82) is 0 Å². The van der Waals surface area contributed by atoms with Crippen LogP contribution < -0.4 is 14.8 Å². The molecule has 0 radical (unpaired) electrons. The molecular weight excluding hydrogens is 426 g/mol. The van der Waals surface area contributed by atoms with E-state index in [2.05, 4.69) is 5.32 Å². The van der Waals surface area contributed by atoms with Gasteiger partial charge in [-0.2, -0.15) is 0 Å². The van der Waals surface area contributed by atoms with Crippen LogP contribution in [0.4, 0.5) is 0 Å². The fourth-order valence-electron chi connectivity index (χ4n) is 3.18. The highest BCUT2D eigenvalue weighted by atomic mass is 16.7. The molecule has 1 N–H and O–H groups in total. The quantitative estimate of drug-likeness (QED) is 0.443. The van der Waals surface area contributed by atoms with Gasteiger partial charge in [-0.3, -0.25) is 19.2 Å². The highest BCUT2D eigenvalue weighted by Gasteiger charge is 2.51. The third kappa shape index (κ3) is 7.12. The fraction of sp³-hybridized carbons (Fsp3) is 0.524. The zero-order chi connectivity index (χ0) is 23.8. The summed E-state index contributed by atoms with van der Waals surface area (Å²) in [7, 11) is 1.52. The molecular formula is C21H27NO10. The number of methoxy groups -OCH3 is 1. The van der Waals surface area contributed by atoms with Crippen LogP contribution in [-0.2, 0) is 38.1 Å². The van der Waals surface area contributed by atoms with Crippen LogP contribution in [0.3, 0.4) is 0 Å². The van der Waals surface area contributed by atoms with Crippen LogP contribution in [0.25, 0.3) is 0 Å². The van der Waals surface area contributed by atoms with Gasteiger partial charge in [-0.15, -0.1) is 0 Å². The first kappa shape index (κ1) is 24.9. The Hall–Kier alpha value is -3.34. The summed E-state index contributed by atoms with van der Waals surface area (Å²) < 4.78 is 32.7. The Balaban J connectivity index is 2.42. The Bertz CT molecular complexity index is 824. The molecule has 1 saturated heterocycles. The lowest BCUT2D eigenvalue weighted by atomic mass is 9.96. The molecule has 0 aromatic heterocycles. The summed E-state index contributed by atoms with van der Waals surface area (Å²) >= 11 is 0. The molecule has 0 spiro atoms. The molecule has 5 atom stereocenters. The molecule has 1 heterocycles. The molecule has 0 saturated carbocycles. The Labute approximate surface area is 185 Å². The average Bonchev–Trinajstić information content (AvgIpc) is 2.70. The third-order valence-electron chi connectivity index (χ3n) is 4.38. The first-order chi connectivity index (χ1) is 15.1. The zero-order valence-corrected chi connectivity index (χ0v) is 18.5. The SMILES string of the molecule is COc1ccc(O[C@@H]2O[C@H](COC(C)=O)[C@H](OC(C)=O)[C@H](OC(C)=O)[C@H]2NC(C)=O)cc1. The van der Waals surface area contributed by atoms with Gasteiger partial charge in [-0.25, -0.2) is 0 Å². The van der Waals surface area contributed by atoms with E-state index < -0.39 is 54.5 Å². The van der Waals surface area contributed by atoms with Crippen molar-refractivity contribution in [2.75, 3.05) is 13.7 Å². The van der Waals surface area contributed by atoms with E-state index in [-0.39, 0.29) is 6.61 Å². The lowest BCUT2D eigenvalue weighted by Crippen LogP contribution is -2.67. The monoisotopic (exact) mass is 453 g/mol. The number of amides is 1. The van der Waals surface area contributed by atoms with Gasteiger partial charge in [0.15, 0.2) is 12.2 Å². The molecule has 1 aromatic carbocycles.